The minimum atomic E-state index is -0.290. The fourth-order valence-corrected chi connectivity index (χ4v) is 2.25. The third-order valence-electron chi connectivity index (χ3n) is 2.22. The molecular formula is C12H12FN3OS. The van der Waals surface area contributed by atoms with E-state index in [1.165, 1.54) is 23.9 Å². The maximum atomic E-state index is 12.9. The number of ketones is 1. The standard InChI is InChI=1S/C12H12FN3OS/c1-16-7-10(14-15-16)6-11(17)8-18-12-4-2-3-9(13)5-12/h2-5,7H,6,8H2,1H3. The fraction of sp³-hybridized carbons (Fsp3) is 0.250. The highest BCUT2D eigenvalue weighted by Crippen LogP contribution is 2.18. The quantitative estimate of drug-likeness (QED) is 0.774. The lowest BCUT2D eigenvalue weighted by molar-refractivity contribution is -0.116. The van der Waals surface area contributed by atoms with Gasteiger partial charge in [0.25, 0.3) is 0 Å². The van der Waals surface area contributed by atoms with Crippen LogP contribution in [0, 0.1) is 5.82 Å². The number of rotatable bonds is 5. The summed E-state index contributed by atoms with van der Waals surface area (Å²) in [5.74, 6) is 0.0613. The molecule has 0 fully saturated rings. The Balaban J connectivity index is 1.85. The Hall–Kier alpha value is -1.69. The van der Waals surface area contributed by atoms with Crippen LogP contribution in [0.2, 0.25) is 0 Å². The summed E-state index contributed by atoms with van der Waals surface area (Å²) in [6.07, 6.45) is 1.97. The molecule has 6 heteroatoms. The van der Waals surface area contributed by atoms with Gasteiger partial charge in [0.2, 0.25) is 0 Å². The molecule has 0 saturated carbocycles. The average Bonchev–Trinajstić information content (AvgIpc) is 2.72. The van der Waals surface area contributed by atoms with Crippen molar-refractivity contribution in [2.24, 2.45) is 7.05 Å². The van der Waals surface area contributed by atoms with Crippen molar-refractivity contribution in [1.29, 1.82) is 0 Å². The molecule has 1 heterocycles. The number of benzene rings is 1. The molecule has 0 aliphatic carbocycles. The van der Waals surface area contributed by atoms with Crippen LogP contribution in [0.1, 0.15) is 5.69 Å². The number of halogens is 1. The number of aryl methyl sites for hydroxylation is 1. The number of hydrogen-bond donors (Lipinski definition) is 0. The third kappa shape index (κ3) is 3.66. The van der Waals surface area contributed by atoms with Crippen LogP contribution in [-0.2, 0) is 18.3 Å². The van der Waals surface area contributed by atoms with Crippen molar-refractivity contribution in [3.05, 3.63) is 42.0 Å². The van der Waals surface area contributed by atoms with E-state index in [4.69, 9.17) is 0 Å². The van der Waals surface area contributed by atoms with Gasteiger partial charge in [-0.2, -0.15) is 0 Å². The Labute approximate surface area is 108 Å². The van der Waals surface area contributed by atoms with E-state index in [9.17, 15) is 9.18 Å². The topological polar surface area (TPSA) is 47.8 Å². The van der Waals surface area contributed by atoms with Gasteiger partial charge in [0.1, 0.15) is 11.6 Å². The maximum absolute atomic E-state index is 12.9. The van der Waals surface area contributed by atoms with Gasteiger partial charge in [-0.25, -0.2) is 4.39 Å². The van der Waals surface area contributed by atoms with Gasteiger partial charge >= 0.3 is 0 Å². The molecule has 1 aromatic heterocycles. The van der Waals surface area contributed by atoms with Gasteiger partial charge in [0.05, 0.1) is 17.9 Å². The van der Waals surface area contributed by atoms with E-state index in [2.05, 4.69) is 10.3 Å². The van der Waals surface area contributed by atoms with Crippen molar-refractivity contribution in [3.8, 4) is 0 Å². The summed E-state index contributed by atoms with van der Waals surface area (Å²) in [6.45, 7) is 0. The van der Waals surface area contributed by atoms with Crippen LogP contribution in [0.4, 0.5) is 4.39 Å². The monoisotopic (exact) mass is 265 g/mol. The first-order chi connectivity index (χ1) is 8.63. The zero-order chi connectivity index (χ0) is 13.0. The molecule has 94 valence electrons. The summed E-state index contributed by atoms with van der Waals surface area (Å²) < 4.78 is 14.5. The number of hydrogen-bond acceptors (Lipinski definition) is 4. The second-order valence-corrected chi connectivity index (χ2v) is 4.89. The zero-order valence-corrected chi connectivity index (χ0v) is 10.7. The van der Waals surface area contributed by atoms with Crippen LogP contribution in [-0.4, -0.2) is 26.5 Å². The first-order valence-corrected chi connectivity index (χ1v) is 6.37. The Bertz CT molecular complexity index is 556. The van der Waals surface area contributed by atoms with E-state index in [-0.39, 0.29) is 18.0 Å². The molecule has 0 unspecified atom stereocenters. The highest BCUT2D eigenvalue weighted by Gasteiger charge is 2.08. The van der Waals surface area contributed by atoms with Crippen LogP contribution >= 0.6 is 11.8 Å². The van der Waals surface area contributed by atoms with Gasteiger partial charge in [0, 0.05) is 18.1 Å². The minimum absolute atomic E-state index is 0.0461. The van der Waals surface area contributed by atoms with Gasteiger partial charge in [0.15, 0.2) is 0 Å². The van der Waals surface area contributed by atoms with Crippen LogP contribution in [0.25, 0.3) is 0 Å². The van der Waals surface area contributed by atoms with Gasteiger partial charge in [-0.05, 0) is 18.2 Å². The summed E-state index contributed by atoms with van der Waals surface area (Å²) in [7, 11) is 1.75. The van der Waals surface area contributed by atoms with Gasteiger partial charge < -0.3 is 0 Å². The molecule has 1 aromatic carbocycles. The van der Waals surface area contributed by atoms with Crippen molar-refractivity contribution in [2.75, 3.05) is 5.75 Å². The molecule has 0 amide bonds. The number of carbonyl (C=O) groups excluding carboxylic acids is 1. The highest BCUT2D eigenvalue weighted by molar-refractivity contribution is 8.00. The van der Waals surface area contributed by atoms with Gasteiger partial charge in [-0.1, -0.05) is 11.3 Å². The Morgan fingerprint density at radius 1 is 1.50 bits per heavy atom. The number of nitrogens with zero attached hydrogens (tertiary/aromatic N) is 3. The predicted octanol–water partition coefficient (Wildman–Crippen LogP) is 1.86. The molecule has 0 aliphatic rings. The molecule has 4 nitrogen and oxygen atoms in total. The van der Waals surface area contributed by atoms with E-state index in [0.717, 1.165) is 4.90 Å². The maximum Gasteiger partial charge on any atom is 0.149 e. The molecule has 0 N–H and O–H groups in total. The first kappa shape index (κ1) is 12.8. The second-order valence-electron chi connectivity index (χ2n) is 3.85. The lowest BCUT2D eigenvalue weighted by Crippen LogP contribution is -2.06. The smallest absolute Gasteiger partial charge is 0.149 e. The predicted molar refractivity (Wildman–Crippen MR) is 66.8 cm³/mol. The number of carbonyl (C=O) groups is 1. The van der Waals surface area contributed by atoms with Crippen LogP contribution in [0.5, 0.6) is 0 Å². The molecule has 0 saturated heterocycles. The molecule has 18 heavy (non-hydrogen) atoms. The lowest BCUT2D eigenvalue weighted by atomic mass is 10.2. The van der Waals surface area contributed by atoms with E-state index in [1.807, 2.05) is 0 Å². The molecule has 2 rings (SSSR count). The third-order valence-corrected chi connectivity index (χ3v) is 3.28. The average molecular weight is 265 g/mol. The van der Waals surface area contributed by atoms with E-state index in [1.54, 1.807) is 30.1 Å². The van der Waals surface area contributed by atoms with Gasteiger partial charge in [-0.15, -0.1) is 16.9 Å². The Kier molecular flexibility index (Phi) is 4.09. The minimum Gasteiger partial charge on any atom is -0.298 e. The van der Waals surface area contributed by atoms with Gasteiger partial charge in [-0.3, -0.25) is 9.48 Å². The van der Waals surface area contributed by atoms with Crippen molar-refractivity contribution in [1.82, 2.24) is 15.0 Å². The molecule has 0 radical (unpaired) electrons. The normalized spacial score (nSPS) is 10.6. The molecule has 0 aliphatic heterocycles. The van der Waals surface area contributed by atoms with Crippen LogP contribution in [0.3, 0.4) is 0 Å². The van der Waals surface area contributed by atoms with Crippen molar-refractivity contribution < 1.29 is 9.18 Å². The molecule has 0 atom stereocenters. The summed E-state index contributed by atoms with van der Waals surface area (Å²) in [6, 6.07) is 6.21. The van der Waals surface area contributed by atoms with Crippen molar-refractivity contribution in [3.63, 3.8) is 0 Å². The van der Waals surface area contributed by atoms with Crippen LogP contribution in [0.15, 0.2) is 35.4 Å². The zero-order valence-electron chi connectivity index (χ0n) is 9.84. The second kappa shape index (κ2) is 5.77. The molecule has 2 aromatic rings. The largest absolute Gasteiger partial charge is 0.298 e. The SMILES string of the molecule is Cn1cc(CC(=O)CSc2cccc(F)c2)nn1. The highest BCUT2D eigenvalue weighted by atomic mass is 32.2. The first-order valence-electron chi connectivity index (χ1n) is 5.39. The summed E-state index contributed by atoms with van der Waals surface area (Å²) in [4.78, 5) is 12.4. The lowest BCUT2D eigenvalue weighted by Gasteiger charge is -2.00. The summed E-state index contributed by atoms with van der Waals surface area (Å²) in [5, 5.41) is 7.61. The number of thioether (sulfide) groups is 1. The fourth-order valence-electron chi connectivity index (χ4n) is 1.45. The van der Waals surface area contributed by atoms with Crippen molar-refractivity contribution in [2.45, 2.75) is 11.3 Å². The molecule has 0 bridgehead atoms. The molecule has 0 spiro atoms. The molecular weight excluding hydrogens is 253 g/mol. The number of aromatic nitrogens is 3. The Morgan fingerprint density at radius 3 is 3.00 bits per heavy atom. The van der Waals surface area contributed by atoms with Crippen molar-refractivity contribution >= 4 is 17.5 Å². The summed E-state index contributed by atoms with van der Waals surface area (Å²) >= 11 is 1.32. The van der Waals surface area contributed by atoms with E-state index < -0.39 is 0 Å². The summed E-state index contributed by atoms with van der Waals surface area (Å²) in [5.41, 5.74) is 0.655. The van der Waals surface area contributed by atoms with E-state index >= 15 is 0 Å². The van der Waals surface area contributed by atoms with Crippen LogP contribution < -0.4 is 0 Å². The number of Topliss-reactive ketones (excluding diaryl/α,β-unsaturated/α-hetero) is 1. The Morgan fingerprint density at radius 2 is 2.33 bits per heavy atom. The van der Waals surface area contributed by atoms with E-state index in [0.29, 0.717) is 11.4 Å².